The SMILES string of the molecule is NCCCCC(NC(=O)C(CC(=O)O)NC(=O)CN)C(=O)NC(CC(=O)O)C(=O)O. The Morgan fingerprint density at radius 1 is 0.700 bits per heavy atom. The van der Waals surface area contributed by atoms with E-state index >= 15 is 0 Å². The molecule has 0 aromatic carbocycles. The summed E-state index contributed by atoms with van der Waals surface area (Å²) >= 11 is 0. The summed E-state index contributed by atoms with van der Waals surface area (Å²) in [5.41, 5.74) is 10.5. The van der Waals surface area contributed by atoms with Gasteiger partial charge in [0.15, 0.2) is 0 Å². The van der Waals surface area contributed by atoms with Crippen molar-refractivity contribution < 1.29 is 44.1 Å². The van der Waals surface area contributed by atoms with E-state index < -0.39 is 73.1 Å². The molecule has 14 heteroatoms. The number of hydrogen-bond donors (Lipinski definition) is 8. The van der Waals surface area contributed by atoms with Crippen LogP contribution in [0.4, 0.5) is 0 Å². The maximum absolute atomic E-state index is 12.5. The molecule has 0 aliphatic heterocycles. The van der Waals surface area contributed by atoms with Gasteiger partial charge in [-0.1, -0.05) is 0 Å². The number of unbranched alkanes of at least 4 members (excludes halogenated alkanes) is 1. The van der Waals surface area contributed by atoms with Gasteiger partial charge in [-0.25, -0.2) is 4.79 Å². The lowest BCUT2D eigenvalue weighted by Crippen LogP contribution is -2.56. The Balaban J connectivity index is 5.40. The van der Waals surface area contributed by atoms with Crippen LogP contribution in [0.2, 0.25) is 0 Å². The molecule has 10 N–H and O–H groups in total. The number of nitrogens with one attached hydrogen (secondary N) is 3. The van der Waals surface area contributed by atoms with Crippen LogP contribution in [0.3, 0.4) is 0 Å². The number of carboxylic acid groups (broad SMARTS) is 3. The summed E-state index contributed by atoms with van der Waals surface area (Å²) in [5.74, 6) is -7.23. The van der Waals surface area contributed by atoms with E-state index in [0.717, 1.165) is 0 Å². The summed E-state index contributed by atoms with van der Waals surface area (Å²) in [5, 5.41) is 33.1. The van der Waals surface area contributed by atoms with Crippen LogP contribution in [-0.2, 0) is 28.8 Å². The van der Waals surface area contributed by atoms with Crippen molar-refractivity contribution in [2.45, 2.75) is 50.2 Å². The van der Waals surface area contributed by atoms with Gasteiger partial charge in [0.05, 0.1) is 19.4 Å². The molecule has 0 aliphatic carbocycles. The van der Waals surface area contributed by atoms with Gasteiger partial charge >= 0.3 is 17.9 Å². The second-order valence-corrected chi connectivity index (χ2v) is 6.26. The van der Waals surface area contributed by atoms with Gasteiger partial charge in [-0.2, -0.15) is 0 Å². The molecule has 170 valence electrons. The number of carbonyl (C=O) groups excluding carboxylic acids is 3. The van der Waals surface area contributed by atoms with Crippen LogP contribution >= 0.6 is 0 Å². The van der Waals surface area contributed by atoms with Crippen LogP contribution in [0.25, 0.3) is 0 Å². The average Bonchev–Trinajstić information content (AvgIpc) is 2.65. The summed E-state index contributed by atoms with van der Waals surface area (Å²) in [7, 11) is 0. The monoisotopic (exact) mass is 433 g/mol. The van der Waals surface area contributed by atoms with E-state index in [1.165, 1.54) is 0 Å². The fourth-order valence-corrected chi connectivity index (χ4v) is 2.32. The fourth-order valence-electron chi connectivity index (χ4n) is 2.32. The summed E-state index contributed by atoms with van der Waals surface area (Å²) in [6, 6.07) is -4.58. The molecular weight excluding hydrogens is 406 g/mol. The zero-order valence-electron chi connectivity index (χ0n) is 16.1. The minimum Gasteiger partial charge on any atom is -0.481 e. The zero-order valence-corrected chi connectivity index (χ0v) is 16.1. The molecule has 3 atom stereocenters. The standard InChI is InChI=1S/C16H27N5O9/c17-4-2-1-3-8(14(27)21-10(16(29)30)6-13(25)26)20-15(28)9(5-12(23)24)19-11(22)7-18/h8-10H,1-7,17-18H2,(H,19,22)(H,20,28)(H,21,27)(H,23,24)(H,25,26)(H,29,30). The molecule has 0 fully saturated rings. The first kappa shape index (κ1) is 26.7. The third-order valence-electron chi connectivity index (χ3n) is 3.79. The van der Waals surface area contributed by atoms with Crippen LogP contribution in [-0.4, -0.2) is 82.2 Å². The van der Waals surface area contributed by atoms with Crippen molar-refractivity contribution in [1.29, 1.82) is 0 Å². The summed E-state index contributed by atoms with van der Waals surface area (Å²) in [4.78, 5) is 69.2. The number of amides is 3. The Kier molecular flexibility index (Phi) is 12.3. The molecule has 30 heavy (non-hydrogen) atoms. The Bertz CT molecular complexity index is 655. The van der Waals surface area contributed by atoms with E-state index in [2.05, 4.69) is 10.6 Å². The highest BCUT2D eigenvalue weighted by Crippen LogP contribution is 2.05. The zero-order chi connectivity index (χ0) is 23.3. The largest absolute Gasteiger partial charge is 0.481 e. The van der Waals surface area contributed by atoms with Crippen molar-refractivity contribution >= 4 is 35.6 Å². The first-order valence-corrected chi connectivity index (χ1v) is 8.98. The van der Waals surface area contributed by atoms with Gasteiger partial charge in [-0.15, -0.1) is 0 Å². The molecule has 0 heterocycles. The Morgan fingerprint density at radius 3 is 1.67 bits per heavy atom. The Hall–Kier alpha value is -3.26. The number of aliphatic carboxylic acids is 3. The number of carboxylic acids is 3. The highest BCUT2D eigenvalue weighted by atomic mass is 16.4. The number of rotatable bonds is 15. The first-order chi connectivity index (χ1) is 14.0. The summed E-state index contributed by atoms with van der Waals surface area (Å²) < 4.78 is 0. The molecule has 0 bridgehead atoms. The van der Waals surface area contributed by atoms with Crippen LogP contribution in [0.1, 0.15) is 32.1 Å². The topological polar surface area (TPSA) is 251 Å². The third-order valence-corrected chi connectivity index (χ3v) is 3.79. The highest BCUT2D eigenvalue weighted by Gasteiger charge is 2.31. The molecule has 3 amide bonds. The van der Waals surface area contributed by atoms with Gasteiger partial charge in [-0.3, -0.25) is 24.0 Å². The van der Waals surface area contributed by atoms with Gasteiger partial charge in [0.25, 0.3) is 0 Å². The van der Waals surface area contributed by atoms with Gasteiger partial charge in [0.2, 0.25) is 17.7 Å². The Morgan fingerprint density at radius 2 is 1.20 bits per heavy atom. The van der Waals surface area contributed by atoms with Crippen LogP contribution < -0.4 is 27.4 Å². The van der Waals surface area contributed by atoms with Crippen LogP contribution in [0, 0.1) is 0 Å². The second-order valence-electron chi connectivity index (χ2n) is 6.26. The average molecular weight is 433 g/mol. The van der Waals surface area contributed by atoms with Crippen molar-refractivity contribution in [2.24, 2.45) is 11.5 Å². The number of nitrogens with two attached hydrogens (primary N) is 2. The molecule has 3 unspecified atom stereocenters. The Labute approximate surface area is 171 Å². The number of carbonyl (C=O) groups is 6. The summed E-state index contributed by atoms with van der Waals surface area (Å²) in [6.45, 7) is -0.216. The highest BCUT2D eigenvalue weighted by molar-refractivity contribution is 5.95. The van der Waals surface area contributed by atoms with Crippen molar-refractivity contribution in [3.63, 3.8) is 0 Å². The maximum Gasteiger partial charge on any atom is 0.326 e. The van der Waals surface area contributed by atoms with E-state index in [9.17, 15) is 28.8 Å². The summed E-state index contributed by atoms with van der Waals surface area (Å²) in [6.07, 6.45) is -0.840. The predicted molar refractivity (Wildman–Crippen MR) is 99.9 cm³/mol. The van der Waals surface area contributed by atoms with Crippen molar-refractivity contribution in [3.8, 4) is 0 Å². The van der Waals surface area contributed by atoms with Gasteiger partial charge in [0.1, 0.15) is 18.1 Å². The normalized spacial score (nSPS) is 13.4. The molecule has 0 aromatic heterocycles. The van der Waals surface area contributed by atoms with Crippen molar-refractivity contribution in [3.05, 3.63) is 0 Å². The van der Waals surface area contributed by atoms with E-state index in [-0.39, 0.29) is 13.0 Å². The van der Waals surface area contributed by atoms with Gasteiger partial charge in [-0.05, 0) is 25.8 Å². The van der Waals surface area contributed by atoms with E-state index in [0.29, 0.717) is 12.8 Å². The first-order valence-electron chi connectivity index (χ1n) is 8.98. The molecule has 0 rings (SSSR count). The minimum absolute atomic E-state index is 0.0127. The van der Waals surface area contributed by atoms with Gasteiger partial charge < -0.3 is 42.7 Å². The minimum atomic E-state index is -1.74. The van der Waals surface area contributed by atoms with Crippen molar-refractivity contribution in [2.75, 3.05) is 13.1 Å². The quantitative estimate of drug-likeness (QED) is 0.118. The van der Waals surface area contributed by atoms with Gasteiger partial charge in [0, 0.05) is 0 Å². The lowest BCUT2D eigenvalue weighted by molar-refractivity contribution is -0.147. The lowest BCUT2D eigenvalue weighted by atomic mass is 10.1. The molecule has 0 saturated carbocycles. The molecule has 0 saturated heterocycles. The molecular formula is C16H27N5O9. The number of hydrogen-bond acceptors (Lipinski definition) is 8. The second kappa shape index (κ2) is 13.8. The van der Waals surface area contributed by atoms with Crippen LogP contribution in [0.5, 0.6) is 0 Å². The molecule has 0 spiro atoms. The van der Waals surface area contributed by atoms with Crippen molar-refractivity contribution in [1.82, 2.24) is 16.0 Å². The molecule has 14 nitrogen and oxygen atoms in total. The smallest absolute Gasteiger partial charge is 0.326 e. The predicted octanol–water partition coefficient (Wildman–Crippen LogP) is -3.44. The molecule has 0 radical (unpaired) electrons. The maximum atomic E-state index is 12.5. The molecule has 0 aliphatic rings. The third kappa shape index (κ3) is 10.9. The molecule has 0 aromatic rings. The fraction of sp³-hybridized carbons (Fsp3) is 0.625. The van der Waals surface area contributed by atoms with Crippen LogP contribution in [0.15, 0.2) is 0 Å². The van der Waals surface area contributed by atoms with E-state index in [4.69, 9.17) is 26.8 Å². The van der Waals surface area contributed by atoms with E-state index in [1.807, 2.05) is 5.32 Å². The lowest BCUT2D eigenvalue weighted by Gasteiger charge is -2.23. The van der Waals surface area contributed by atoms with E-state index in [1.54, 1.807) is 0 Å².